The topological polar surface area (TPSA) is 82.1 Å². The molecule has 1 rings (SSSR count). The number of nitrogens with zero attached hydrogens (tertiary/aromatic N) is 1. The summed E-state index contributed by atoms with van der Waals surface area (Å²) in [6, 6.07) is 0. The molecule has 1 N–H and O–H groups in total. The number of unbranched alkanes of at least 4 members (excludes halogenated alkanes) is 2. The van der Waals surface area contributed by atoms with Crippen molar-refractivity contribution in [2.45, 2.75) is 32.6 Å². The van der Waals surface area contributed by atoms with Crippen LogP contribution in [0, 0.1) is 0 Å². The summed E-state index contributed by atoms with van der Waals surface area (Å²) in [6.45, 7) is 2.11. The number of thiazole rings is 1. The van der Waals surface area contributed by atoms with E-state index in [1.807, 2.05) is 4.72 Å². The van der Waals surface area contributed by atoms with Crippen LogP contribution in [0.1, 0.15) is 31.9 Å². The summed E-state index contributed by atoms with van der Waals surface area (Å²) in [5, 5.41) is 1.92. The van der Waals surface area contributed by atoms with Gasteiger partial charge >= 0.3 is 29.6 Å². The Balaban J connectivity index is 0.00000225. The maximum absolute atomic E-state index is 10.4. The minimum Gasteiger partial charge on any atom is -0.731 e. The molecule has 0 amide bonds. The van der Waals surface area contributed by atoms with Crippen LogP contribution in [0.15, 0.2) is 5.38 Å². The van der Waals surface area contributed by atoms with Crippen LogP contribution in [0.2, 0.25) is 0 Å². The summed E-state index contributed by atoms with van der Waals surface area (Å²) in [5.74, 6) is 0. The molecule has 5 nitrogen and oxygen atoms in total. The largest absolute Gasteiger partial charge is 1.00 e. The molecule has 0 aliphatic heterocycles. The summed E-state index contributed by atoms with van der Waals surface area (Å²) in [5.41, 5.74) is 0.833. The first-order valence-corrected chi connectivity index (χ1v) is 6.98. The second-order valence-corrected chi connectivity index (χ2v) is 5.13. The fraction of sp³-hybridized carbons (Fsp3) is 0.625. The van der Waals surface area contributed by atoms with Crippen LogP contribution in [0.3, 0.4) is 0 Å². The normalized spacial score (nSPS) is 10.9. The van der Waals surface area contributed by atoms with E-state index in [2.05, 4.69) is 11.9 Å². The molecule has 1 heterocycles. The van der Waals surface area contributed by atoms with Gasteiger partial charge in [0.25, 0.3) is 0 Å². The quantitative estimate of drug-likeness (QED) is 0.398. The molecular formula is C8H13N2NaO3S2. The van der Waals surface area contributed by atoms with E-state index in [0.717, 1.165) is 42.7 Å². The van der Waals surface area contributed by atoms with Gasteiger partial charge in [0.2, 0.25) is 0 Å². The van der Waals surface area contributed by atoms with Crippen LogP contribution < -0.4 is 34.3 Å². The molecule has 0 saturated carbocycles. The van der Waals surface area contributed by atoms with Gasteiger partial charge in [0.15, 0.2) is 15.4 Å². The third-order valence-electron chi connectivity index (χ3n) is 1.80. The second-order valence-electron chi connectivity index (χ2n) is 3.16. The monoisotopic (exact) mass is 272 g/mol. The van der Waals surface area contributed by atoms with Crippen molar-refractivity contribution in [3.05, 3.63) is 11.1 Å². The molecule has 0 unspecified atom stereocenters. The molecule has 0 saturated heterocycles. The van der Waals surface area contributed by atoms with Gasteiger partial charge in [0.1, 0.15) is 0 Å². The van der Waals surface area contributed by atoms with Gasteiger partial charge < -0.3 is 4.55 Å². The number of aromatic nitrogens is 1. The smallest absolute Gasteiger partial charge is 0.731 e. The maximum Gasteiger partial charge on any atom is 1.00 e. The van der Waals surface area contributed by atoms with Gasteiger partial charge in [-0.05, 0) is 12.8 Å². The minimum atomic E-state index is -4.44. The SMILES string of the molecule is CCCCCc1csc(NS(=O)(=O)[O-])n1.[Na+]. The van der Waals surface area contributed by atoms with Gasteiger partial charge in [-0.15, -0.1) is 11.3 Å². The van der Waals surface area contributed by atoms with Crippen molar-refractivity contribution in [1.82, 2.24) is 4.98 Å². The number of aryl methyl sites for hydroxylation is 1. The Morgan fingerprint density at radius 3 is 2.75 bits per heavy atom. The molecule has 0 fully saturated rings. The van der Waals surface area contributed by atoms with Gasteiger partial charge in [-0.3, -0.25) is 4.72 Å². The average molecular weight is 272 g/mol. The molecule has 86 valence electrons. The molecule has 1 aromatic heterocycles. The third-order valence-corrected chi connectivity index (χ3v) is 3.18. The van der Waals surface area contributed by atoms with Crippen molar-refractivity contribution >= 4 is 26.8 Å². The van der Waals surface area contributed by atoms with E-state index in [-0.39, 0.29) is 34.7 Å². The van der Waals surface area contributed by atoms with E-state index in [4.69, 9.17) is 0 Å². The first-order chi connectivity index (χ1) is 7.01. The predicted octanol–water partition coefficient (Wildman–Crippen LogP) is -1.25. The zero-order valence-electron chi connectivity index (χ0n) is 9.39. The Labute approximate surface area is 122 Å². The number of nitrogens with one attached hydrogen (secondary N) is 1. The fourth-order valence-corrected chi connectivity index (χ4v) is 2.48. The number of rotatable bonds is 6. The number of hydrogen-bond acceptors (Lipinski definition) is 5. The van der Waals surface area contributed by atoms with Crippen molar-refractivity contribution in [1.29, 1.82) is 0 Å². The molecular weight excluding hydrogens is 259 g/mol. The van der Waals surface area contributed by atoms with Gasteiger partial charge in [-0.1, -0.05) is 19.8 Å². The van der Waals surface area contributed by atoms with Crippen molar-refractivity contribution in [3.8, 4) is 0 Å². The van der Waals surface area contributed by atoms with Gasteiger partial charge in [0, 0.05) is 5.38 Å². The van der Waals surface area contributed by atoms with Crippen LogP contribution >= 0.6 is 11.3 Å². The van der Waals surface area contributed by atoms with Crippen molar-refractivity contribution in [2.75, 3.05) is 4.72 Å². The van der Waals surface area contributed by atoms with E-state index in [9.17, 15) is 13.0 Å². The molecule has 0 aliphatic carbocycles. The zero-order valence-corrected chi connectivity index (χ0v) is 13.0. The van der Waals surface area contributed by atoms with E-state index in [1.54, 1.807) is 5.38 Å². The molecule has 16 heavy (non-hydrogen) atoms. The second kappa shape index (κ2) is 7.62. The Hall–Kier alpha value is 0.340. The first kappa shape index (κ1) is 16.3. The summed E-state index contributed by atoms with van der Waals surface area (Å²) in [4.78, 5) is 4.00. The van der Waals surface area contributed by atoms with E-state index < -0.39 is 10.3 Å². The van der Waals surface area contributed by atoms with E-state index >= 15 is 0 Å². The van der Waals surface area contributed by atoms with Gasteiger partial charge in [-0.2, -0.15) is 0 Å². The number of hydrogen-bond donors (Lipinski definition) is 1. The standard InChI is InChI=1S/C8H14N2O3S2.Na/c1-2-3-4-5-7-6-14-8(9-7)10-15(11,12)13;/h6H,2-5H2,1H3,(H,9,10)(H,11,12,13);/q;+1/p-1. The average Bonchev–Trinajstić information content (AvgIpc) is 2.50. The maximum atomic E-state index is 10.4. The van der Waals surface area contributed by atoms with Crippen LogP contribution in [-0.2, 0) is 16.7 Å². The molecule has 0 atom stereocenters. The van der Waals surface area contributed by atoms with Crippen molar-refractivity contribution < 1.29 is 42.5 Å². The van der Waals surface area contributed by atoms with Gasteiger partial charge in [0.05, 0.1) is 5.69 Å². The van der Waals surface area contributed by atoms with Crippen molar-refractivity contribution in [2.24, 2.45) is 0 Å². The Bertz CT molecular complexity index is 405. The van der Waals surface area contributed by atoms with E-state index in [1.165, 1.54) is 0 Å². The molecule has 0 bridgehead atoms. The Kier molecular flexibility index (Phi) is 7.79. The third kappa shape index (κ3) is 6.82. The summed E-state index contributed by atoms with van der Waals surface area (Å²) in [7, 11) is -4.44. The van der Waals surface area contributed by atoms with E-state index in [0.29, 0.717) is 0 Å². The van der Waals surface area contributed by atoms with Crippen LogP contribution in [-0.4, -0.2) is 18.0 Å². The molecule has 0 spiro atoms. The fourth-order valence-electron chi connectivity index (χ4n) is 1.13. The predicted molar refractivity (Wildman–Crippen MR) is 58.7 cm³/mol. The number of anilines is 1. The molecule has 0 radical (unpaired) electrons. The Morgan fingerprint density at radius 1 is 1.50 bits per heavy atom. The molecule has 8 heteroatoms. The molecule has 0 aromatic carbocycles. The zero-order chi connectivity index (χ0) is 11.3. The van der Waals surface area contributed by atoms with Crippen molar-refractivity contribution in [3.63, 3.8) is 0 Å². The molecule has 1 aromatic rings. The summed E-state index contributed by atoms with van der Waals surface area (Å²) < 4.78 is 32.9. The van der Waals surface area contributed by atoms with Crippen LogP contribution in [0.5, 0.6) is 0 Å². The minimum absolute atomic E-state index is 0. The summed E-state index contributed by atoms with van der Waals surface area (Å²) >= 11 is 1.13. The van der Waals surface area contributed by atoms with Crippen LogP contribution in [0.4, 0.5) is 5.13 Å². The molecule has 0 aliphatic rings. The first-order valence-electron chi connectivity index (χ1n) is 4.69. The summed E-state index contributed by atoms with van der Waals surface area (Å²) in [6.07, 6.45) is 4.11. The van der Waals surface area contributed by atoms with Gasteiger partial charge in [-0.25, -0.2) is 13.4 Å². The van der Waals surface area contributed by atoms with Crippen LogP contribution in [0.25, 0.3) is 0 Å². The Morgan fingerprint density at radius 2 is 2.19 bits per heavy atom.